The molecule has 3 rings (SSSR count). The molecule has 3 N–H and O–H groups in total. The minimum absolute atomic E-state index is 0. The minimum Gasteiger partial charge on any atom is -0.384 e. The van der Waals surface area contributed by atoms with Gasteiger partial charge in [-0.15, -0.1) is 24.0 Å². The quantitative estimate of drug-likeness (QED) is 0.190. The Bertz CT molecular complexity index is 797. The van der Waals surface area contributed by atoms with E-state index in [0.29, 0.717) is 6.54 Å². The first-order valence-electron chi connectivity index (χ1n) is 11.1. The van der Waals surface area contributed by atoms with Gasteiger partial charge in [-0.05, 0) is 38.4 Å². The molecule has 1 aliphatic rings. The van der Waals surface area contributed by atoms with Crippen molar-refractivity contribution >= 4 is 35.9 Å². The molecule has 9 heteroatoms. The molecular formula is C23H36IN7O. The number of piperazine rings is 1. The molecule has 0 spiro atoms. The molecule has 0 amide bonds. The first kappa shape index (κ1) is 26.3. The van der Waals surface area contributed by atoms with Gasteiger partial charge in [0.25, 0.3) is 0 Å². The smallest absolute Gasteiger partial charge is 0.225 e. The Labute approximate surface area is 208 Å². The monoisotopic (exact) mass is 553 g/mol. The Kier molecular flexibility index (Phi) is 11.1. The van der Waals surface area contributed by atoms with Crippen molar-refractivity contribution in [3.8, 4) is 0 Å². The molecule has 1 aliphatic heterocycles. The van der Waals surface area contributed by atoms with Crippen LogP contribution in [0.5, 0.6) is 0 Å². The second-order valence-electron chi connectivity index (χ2n) is 7.99. The molecule has 1 fully saturated rings. The molecule has 1 unspecified atom stereocenters. The SMILES string of the molecule is CCNC(=NCC(C)(O)c1ccccc1)NCCCN1CCN(c2ncccn2)CC1.I. The highest BCUT2D eigenvalue weighted by Gasteiger charge is 2.22. The third kappa shape index (κ3) is 8.18. The van der Waals surface area contributed by atoms with Crippen molar-refractivity contribution in [1.82, 2.24) is 25.5 Å². The lowest BCUT2D eigenvalue weighted by Crippen LogP contribution is -2.47. The zero-order chi connectivity index (χ0) is 21.9. The summed E-state index contributed by atoms with van der Waals surface area (Å²) in [5.41, 5.74) is -0.124. The molecule has 1 atom stereocenters. The largest absolute Gasteiger partial charge is 0.384 e. The highest BCUT2D eigenvalue weighted by molar-refractivity contribution is 14.0. The number of hydrogen-bond acceptors (Lipinski definition) is 6. The van der Waals surface area contributed by atoms with E-state index in [1.165, 1.54) is 0 Å². The van der Waals surface area contributed by atoms with Gasteiger partial charge >= 0.3 is 0 Å². The summed E-state index contributed by atoms with van der Waals surface area (Å²) in [6.45, 7) is 10.8. The van der Waals surface area contributed by atoms with E-state index in [1.807, 2.05) is 43.3 Å². The molecule has 1 aromatic heterocycles. The zero-order valence-corrected chi connectivity index (χ0v) is 21.4. The van der Waals surface area contributed by atoms with Crippen LogP contribution in [-0.2, 0) is 5.60 Å². The molecule has 32 heavy (non-hydrogen) atoms. The van der Waals surface area contributed by atoms with Crippen molar-refractivity contribution in [2.75, 3.05) is 57.3 Å². The van der Waals surface area contributed by atoms with Crippen molar-refractivity contribution in [2.24, 2.45) is 4.99 Å². The third-order valence-electron chi connectivity index (χ3n) is 5.44. The van der Waals surface area contributed by atoms with Gasteiger partial charge in [0.15, 0.2) is 5.96 Å². The summed E-state index contributed by atoms with van der Waals surface area (Å²) in [5.74, 6) is 1.56. The number of anilines is 1. The van der Waals surface area contributed by atoms with Crippen LogP contribution in [0.3, 0.4) is 0 Å². The summed E-state index contributed by atoms with van der Waals surface area (Å²) in [6, 6.07) is 11.5. The van der Waals surface area contributed by atoms with Gasteiger partial charge < -0.3 is 20.6 Å². The number of aromatic nitrogens is 2. The number of aliphatic hydroxyl groups is 1. The van der Waals surface area contributed by atoms with E-state index in [9.17, 15) is 5.11 Å². The van der Waals surface area contributed by atoms with E-state index in [-0.39, 0.29) is 24.0 Å². The predicted octanol–water partition coefficient (Wildman–Crippen LogP) is 2.07. The average molecular weight is 553 g/mol. The Morgan fingerprint density at radius 1 is 1.06 bits per heavy atom. The van der Waals surface area contributed by atoms with Crippen LogP contribution >= 0.6 is 24.0 Å². The number of hydrogen-bond donors (Lipinski definition) is 3. The van der Waals surface area contributed by atoms with E-state index in [0.717, 1.165) is 69.7 Å². The van der Waals surface area contributed by atoms with Gasteiger partial charge in [0.05, 0.1) is 6.54 Å². The van der Waals surface area contributed by atoms with E-state index >= 15 is 0 Å². The van der Waals surface area contributed by atoms with Gasteiger partial charge in [-0.1, -0.05) is 30.3 Å². The molecule has 0 saturated carbocycles. The first-order valence-corrected chi connectivity index (χ1v) is 11.1. The van der Waals surface area contributed by atoms with Crippen LogP contribution in [0.1, 0.15) is 25.8 Å². The van der Waals surface area contributed by atoms with Crippen molar-refractivity contribution in [1.29, 1.82) is 0 Å². The van der Waals surface area contributed by atoms with Crippen molar-refractivity contribution in [3.63, 3.8) is 0 Å². The van der Waals surface area contributed by atoms with Gasteiger partial charge in [0.2, 0.25) is 5.95 Å². The number of rotatable bonds is 9. The second kappa shape index (κ2) is 13.5. The third-order valence-corrected chi connectivity index (χ3v) is 5.44. The molecule has 1 aromatic carbocycles. The highest BCUT2D eigenvalue weighted by Crippen LogP contribution is 2.20. The van der Waals surface area contributed by atoms with Crippen molar-refractivity contribution in [2.45, 2.75) is 25.9 Å². The molecular weight excluding hydrogens is 517 g/mol. The first-order chi connectivity index (χ1) is 15.1. The summed E-state index contributed by atoms with van der Waals surface area (Å²) in [4.78, 5) is 18.0. The van der Waals surface area contributed by atoms with Crippen LogP contribution in [0.2, 0.25) is 0 Å². The fourth-order valence-corrected chi connectivity index (χ4v) is 3.60. The van der Waals surface area contributed by atoms with Gasteiger partial charge in [-0.3, -0.25) is 4.90 Å². The van der Waals surface area contributed by atoms with Gasteiger partial charge in [0, 0.05) is 51.7 Å². The van der Waals surface area contributed by atoms with Gasteiger partial charge in [0.1, 0.15) is 5.60 Å². The summed E-state index contributed by atoms with van der Waals surface area (Å²) in [5, 5.41) is 17.4. The zero-order valence-electron chi connectivity index (χ0n) is 19.1. The van der Waals surface area contributed by atoms with E-state index in [4.69, 9.17) is 0 Å². The standard InChI is InChI=1S/C23H35N7O.HI/c1-3-24-21(28-19-23(2,31)20-9-5-4-6-10-20)25-13-8-14-29-15-17-30(18-16-29)22-26-11-7-12-27-22;/h4-7,9-12,31H,3,8,13-19H2,1-2H3,(H2,24,25,28);1H. The molecule has 0 aliphatic carbocycles. The molecule has 1 saturated heterocycles. The van der Waals surface area contributed by atoms with Gasteiger partial charge in [-0.2, -0.15) is 0 Å². The van der Waals surface area contributed by atoms with Crippen LogP contribution in [0, 0.1) is 0 Å². The highest BCUT2D eigenvalue weighted by atomic mass is 127. The minimum atomic E-state index is -0.994. The summed E-state index contributed by atoms with van der Waals surface area (Å²) >= 11 is 0. The van der Waals surface area contributed by atoms with Crippen LogP contribution in [0.4, 0.5) is 5.95 Å². The average Bonchev–Trinajstić information content (AvgIpc) is 2.82. The fraction of sp³-hybridized carbons (Fsp3) is 0.522. The van der Waals surface area contributed by atoms with E-state index in [2.05, 4.69) is 35.4 Å². The molecule has 2 aromatic rings. The number of nitrogens with zero attached hydrogens (tertiary/aromatic N) is 5. The lowest BCUT2D eigenvalue weighted by Gasteiger charge is -2.34. The summed E-state index contributed by atoms with van der Waals surface area (Å²) in [7, 11) is 0. The number of guanidine groups is 1. The molecule has 0 radical (unpaired) electrons. The lowest BCUT2D eigenvalue weighted by molar-refractivity contribution is 0.0672. The summed E-state index contributed by atoms with van der Waals surface area (Å²) < 4.78 is 0. The molecule has 8 nitrogen and oxygen atoms in total. The normalized spacial score (nSPS) is 16.7. The van der Waals surface area contributed by atoms with E-state index < -0.39 is 5.60 Å². The van der Waals surface area contributed by atoms with Crippen molar-refractivity contribution in [3.05, 3.63) is 54.4 Å². The van der Waals surface area contributed by atoms with Crippen LogP contribution < -0.4 is 15.5 Å². The van der Waals surface area contributed by atoms with Crippen LogP contribution in [-0.4, -0.2) is 78.3 Å². The number of aliphatic imine (C=N–C) groups is 1. The van der Waals surface area contributed by atoms with Crippen LogP contribution in [0.15, 0.2) is 53.8 Å². The Morgan fingerprint density at radius 3 is 2.41 bits per heavy atom. The van der Waals surface area contributed by atoms with Crippen LogP contribution in [0.25, 0.3) is 0 Å². The number of benzene rings is 1. The Balaban J connectivity index is 0.00000363. The summed E-state index contributed by atoms with van der Waals surface area (Å²) in [6.07, 6.45) is 4.62. The lowest BCUT2D eigenvalue weighted by atomic mass is 9.96. The molecule has 0 bridgehead atoms. The van der Waals surface area contributed by atoms with Crippen molar-refractivity contribution < 1.29 is 5.11 Å². The molecule has 2 heterocycles. The maximum Gasteiger partial charge on any atom is 0.225 e. The van der Waals surface area contributed by atoms with Gasteiger partial charge in [-0.25, -0.2) is 15.0 Å². The van der Waals surface area contributed by atoms with E-state index in [1.54, 1.807) is 19.3 Å². The number of halogens is 1. The second-order valence-corrected chi connectivity index (χ2v) is 7.99. The molecule has 176 valence electrons. The Morgan fingerprint density at radius 2 is 1.75 bits per heavy atom. The maximum absolute atomic E-state index is 10.8. The number of nitrogens with one attached hydrogen (secondary N) is 2. The maximum atomic E-state index is 10.8. The predicted molar refractivity (Wildman–Crippen MR) is 141 cm³/mol. The Hall–Kier alpha value is -1.98. The topological polar surface area (TPSA) is 88.9 Å². The fourth-order valence-electron chi connectivity index (χ4n) is 3.60.